The fraction of sp³-hybridized carbons (Fsp3) is 0.483. The van der Waals surface area contributed by atoms with E-state index < -0.39 is 0 Å². The molecule has 0 spiro atoms. The molecule has 2 aliphatic rings. The minimum atomic E-state index is -0.0693. The van der Waals surface area contributed by atoms with Gasteiger partial charge in [0, 0.05) is 42.6 Å². The van der Waals surface area contributed by atoms with Gasteiger partial charge in [0.25, 0.3) is 0 Å². The Labute approximate surface area is 218 Å². The summed E-state index contributed by atoms with van der Waals surface area (Å²) in [5.74, 6) is 1.35. The van der Waals surface area contributed by atoms with E-state index in [0.29, 0.717) is 18.1 Å². The lowest BCUT2D eigenvalue weighted by molar-refractivity contribution is -0.126. The minimum Gasteiger partial charge on any atom is -0.492 e. The number of hydrogen-bond donors (Lipinski definition) is 1. The van der Waals surface area contributed by atoms with Crippen LogP contribution < -0.4 is 10.2 Å². The van der Waals surface area contributed by atoms with Crippen LogP contribution in [0, 0.1) is 11.8 Å². The number of nitrogens with zero attached hydrogens (tertiary/aromatic N) is 3. The maximum atomic E-state index is 12.3. The van der Waals surface area contributed by atoms with Gasteiger partial charge in [-0.3, -0.25) is 9.69 Å². The van der Waals surface area contributed by atoms with Crippen LogP contribution in [0.1, 0.15) is 46.1 Å². The second-order valence-corrected chi connectivity index (χ2v) is 10.2. The molecule has 1 amide bonds. The molecule has 1 unspecified atom stereocenters. The van der Waals surface area contributed by atoms with E-state index in [1.807, 2.05) is 42.5 Å². The molecule has 3 aromatic rings. The van der Waals surface area contributed by atoms with Crippen molar-refractivity contribution in [3.8, 4) is 17.2 Å². The average molecular weight is 505 g/mol. The molecule has 1 saturated heterocycles. The Balaban J connectivity index is 1.24. The van der Waals surface area contributed by atoms with Gasteiger partial charge in [0.2, 0.25) is 11.8 Å². The fourth-order valence-electron chi connectivity index (χ4n) is 5.40. The number of benzene rings is 2. The van der Waals surface area contributed by atoms with Gasteiger partial charge in [0.1, 0.15) is 17.9 Å². The lowest BCUT2D eigenvalue weighted by atomic mass is 9.82. The van der Waals surface area contributed by atoms with Gasteiger partial charge < -0.3 is 13.9 Å². The zero-order chi connectivity index (χ0) is 25.9. The summed E-state index contributed by atoms with van der Waals surface area (Å²) < 4.78 is 17.9. The van der Waals surface area contributed by atoms with Gasteiger partial charge in [-0.2, -0.15) is 5.10 Å². The molecule has 0 aliphatic carbocycles. The van der Waals surface area contributed by atoms with E-state index in [1.54, 1.807) is 0 Å². The van der Waals surface area contributed by atoms with Crippen LogP contribution in [0.4, 0.5) is 0 Å². The van der Waals surface area contributed by atoms with Crippen LogP contribution >= 0.6 is 0 Å². The van der Waals surface area contributed by atoms with E-state index in [0.717, 1.165) is 60.6 Å². The van der Waals surface area contributed by atoms with Gasteiger partial charge in [-0.15, -0.1) is 0 Å². The summed E-state index contributed by atoms with van der Waals surface area (Å²) >= 11 is 0. The molecule has 196 valence electrons. The highest BCUT2D eigenvalue weighted by atomic mass is 16.5. The molecule has 8 nitrogen and oxygen atoms in total. The second-order valence-electron chi connectivity index (χ2n) is 10.2. The SMILES string of the molecule is CCC[C@@H]1C(=O)NN=C(c2ccc3nc(-c4ccc(OCCN5CC(C)O[C@@H](C)C5)cc4)oc3c2)[C@H]1C. The van der Waals surface area contributed by atoms with Crippen molar-refractivity contribution >= 4 is 22.7 Å². The van der Waals surface area contributed by atoms with Crippen LogP contribution in [0.25, 0.3) is 22.6 Å². The van der Waals surface area contributed by atoms with Gasteiger partial charge in [-0.1, -0.05) is 26.3 Å². The zero-order valence-corrected chi connectivity index (χ0v) is 22.1. The Hall–Kier alpha value is -3.23. The van der Waals surface area contributed by atoms with Crippen LogP contribution in [0.3, 0.4) is 0 Å². The maximum Gasteiger partial charge on any atom is 0.243 e. The maximum absolute atomic E-state index is 12.3. The number of hydrogen-bond acceptors (Lipinski definition) is 7. The number of carbonyl (C=O) groups excluding carboxylic acids is 1. The van der Waals surface area contributed by atoms with E-state index in [4.69, 9.17) is 13.9 Å². The molecule has 0 radical (unpaired) electrons. The Morgan fingerprint density at radius 2 is 1.78 bits per heavy atom. The van der Waals surface area contributed by atoms with Gasteiger partial charge in [-0.25, -0.2) is 10.4 Å². The first-order valence-corrected chi connectivity index (χ1v) is 13.3. The first-order chi connectivity index (χ1) is 17.9. The van der Waals surface area contributed by atoms with E-state index >= 15 is 0 Å². The zero-order valence-electron chi connectivity index (χ0n) is 22.1. The summed E-state index contributed by atoms with van der Waals surface area (Å²) in [5.41, 5.74) is 6.88. The summed E-state index contributed by atoms with van der Waals surface area (Å²) in [7, 11) is 0. The Morgan fingerprint density at radius 1 is 1.05 bits per heavy atom. The van der Waals surface area contributed by atoms with Gasteiger partial charge >= 0.3 is 0 Å². The van der Waals surface area contributed by atoms with Gasteiger partial charge in [-0.05, 0) is 56.7 Å². The summed E-state index contributed by atoms with van der Waals surface area (Å²) in [6.45, 7) is 11.8. The molecule has 4 atom stereocenters. The van der Waals surface area contributed by atoms with Gasteiger partial charge in [0.05, 0.1) is 17.9 Å². The highest BCUT2D eigenvalue weighted by molar-refractivity contribution is 6.07. The Bertz CT molecular complexity index is 1260. The second kappa shape index (κ2) is 11.0. The molecule has 37 heavy (non-hydrogen) atoms. The summed E-state index contributed by atoms with van der Waals surface area (Å²) in [4.78, 5) is 19.3. The molecule has 0 saturated carbocycles. The lowest BCUT2D eigenvalue weighted by Crippen LogP contribution is -2.46. The minimum absolute atomic E-state index is 0.00107. The molecule has 1 N–H and O–H groups in total. The third-order valence-electron chi connectivity index (χ3n) is 7.21. The van der Waals surface area contributed by atoms with Crippen LogP contribution in [0.2, 0.25) is 0 Å². The van der Waals surface area contributed by atoms with E-state index in [2.05, 4.69) is 48.1 Å². The lowest BCUT2D eigenvalue weighted by Gasteiger charge is -2.35. The van der Waals surface area contributed by atoms with Crippen LogP contribution in [-0.4, -0.2) is 60.0 Å². The summed E-state index contributed by atoms with van der Waals surface area (Å²) in [6.07, 6.45) is 2.31. The van der Waals surface area contributed by atoms with Crippen molar-refractivity contribution in [3.63, 3.8) is 0 Å². The average Bonchev–Trinajstić information content (AvgIpc) is 3.30. The van der Waals surface area contributed by atoms with Crippen molar-refractivity contribution in [2.75, 3.05) is 26.2 Å². The number of carbonyl (C=O) groups is 1. The predicted molar refractivity (Wildman–Crippen MR) is 144 cm³/mol. The highest BCUT2D eigenvalue weighted by Crippen LogP contribution is 2.30. The van der Waals surface area contributed by atoms with Crippen molar-refractivity contribution in [1.82, 2.24) is 15.3 Å². The number of rotatable bonds is 8. The standard InChI is InChI=1S/C29H36N4O4/c1-5-6-24-20(4)27(31-32-28(24)34)22-9-12-25-26(15-22)37-29(30-25)21-7-10-23(11-8-21)35-14-13-33-16-18(2)36-19(3)17-33/h7-12,15,18-20,24H,5-6,13-14,16-17H2,1-4H3,(H,32,34)/t18-,19?,20-,24-/m0/s1. The largest absolute Gasteiger partial charge is 0.492 e. The third kappa shape index (κ3) is 5.70. The van der Waals surface area contributed by atoms with Crippen molar-refractivity contribution in [2.24, 2.45) is 16.9 Å². The number of fused-ring (bicyclic) bond motifs is 1. The molecule has 8 heteroatoms. The molecular formula is C29H36N4O4. The number of aromatic nitrogens is 1. The van der Waals surface area contributed by atoms with Crippen molar-refractivity contribution in [3.05, 3.63) is 48.0 Å². The number of nitrogens with one attached hydrogen (secondary N) is 1. The number of oxazole rings is 1. The third-order valence-corrected chi connectivity index (χ3v) is 7.21. The molecule has 1 aromatic heterocycles. The first kappa shape index (κ1) is 25.4. The molecule has 2 aliphatic heterocycles. The van der Waals surface area contributed by atoms with E-state index in [1.165, 1.54) is 0 Å². The summed E-state index contributed by atoms with van der Waals surface area (Å²) in [6, 6.07) is 13.8. The first-order valence-electron chi connectivity index (χ1n) is 13.3. The Kier molecular flexibility index (Phi) is 7.58. The molecule has 2 aromatic carbocycles. The van der Waals surface area contributed by atoms with Crippen LogP contribution in [-0.2, 0) is 9.53 Å². The van der Waals surface area contributed by atoms with Crippen LogP contribution in [0.15, 0.2) is 52.0 Å². The Morgan fingerprint density at radius 3 is 2.51 bits per heavy atom. The highest BCUT2D eigenvalue weighted by Gasteiger charge is 2.32. The van der Waals surface area contributed by atoms with Gasteiger partial charge in [0.15, 0.2) is 5.58 Å². The molecule has 1 fully saturated rings. The molecule has 5 rings (SSSR count). The van der Waals surface area contributed by atoms with E-state index in [9.17, 15) is 4.79 Å². The van der Waals surface area contributed by atoms with Crippen molar-refractivity contribution < 1.29 is 18.7 Å². The molecular weight excluding hydrogens is 468 g/mol. The topological polar surface area (TPSA) is 89.2 Å². The molecule has 0 bridgehead atoms. The number of ether oxygens (including phenoxy) is 2. The fourth-order valence-corrected chi connectivity index (χ4v) is 5.40. The van der Waals surface area contributed by atoms with Crippen molar-refractivity contribution in [2.45, 2.75) is 52.7 Å². The normalized spacial score (nSPS) is 24.6. The summed E-state index contributed by atoms with van der Waals surface area (Å²) in [5, 5.41) is 4.37. The quantitative estimate of drug-likeness (QED) is 0.471. The smallest absolute Gasteiger partial charge is 0.243 e. The monoisotopic (exact) mass is 504 g/mol. The number of hydrazone groups is 1. The number of morpholine rings is 1. The molecule has 3 heterocycles. The van der Waals surface area contributed by atoms with E-state index in [-0.39, 0.29) is 30.0 Å². The van der Waals surface area contributed by atoms with Crippen molar-refractivity contribution in [1.29, 1.82) is 0 Å². The number of amides is 1. The predicted octanol–water partition coefficient (Wildman–Crippen LogP) is 4.87. The van der Waals surface area contributed by atoms with Crippen LogP contribution in [0.5, 0.6) is 5.75 Å².